The first-order chi connectivity index (χ1) is 13.0. The zero-order chi connectivity index (χ0) is 19.2. The third kappa shape index (κ3) is 5.47. The van der Waals surface area contributed by atoms with Crippen LogP contribution in [0.15, 0.2) is 54.9 Å². The predicted octanol–water partition coefficient (Wildman–Crippen LogP) is 5.66. The second-order valence-electron chi connectivity index (χ2n) is 5.33. The molecule has 27 heavy (non-hydrogen) atoms. The van der Waals surface area contributed by atoms with Crippen molar-refractivity contribution >= 4 is 52.3 Å². The number of carbonyl (C=O) groups is 1. The van der Waals surface area contributed by atoms with Crippen molar-refractivity contribution in [3.05, 3.63) is 75.5 Å². The monoisotopic (exact) mass is 422 g/mol. The number of amides is 2. The molecule has 0 saturated carbocycles. The second-order valence-corrected chi connectivity index (χ2v) is 6.58. The summed E-state index contributed by atoms with van der Waals surface area (Å²) in [4.78, 5) is 20.4. The molecule has 0 aliphatic rings. The summed E-state index contributed by atoms with van der Waals surface area (Å²) in [7, 11) is 0. The quantitative estimate of drug-likeness (QED) is 0.555. The highest BCUT2D eigenvalue weighted by molar-refractivity contribution is 6.42. The largest absolute Gasteiger partial charge is 0.470 e. The third-order valence-corrected chi connectivity index (χ3v) is 4.35. The fraction of sp³-hybridized carbons (Fsp3) is 0.0556. The van der Waals surface area contributed by atoms with E-state index in [0.717, 1.165) is 5.56 Å². The first-order valence-corrected chi connectivity index (χ1v) is 8.86. The molecule has 6 nitrogen and oxygen atoms in total. The van der Waals surface area contributed by atoms with E-state index in [2.05, 4.69) is 20.6 Å². The van der Waals surface area contributed by atoms with Gasteiger partial charge < -0.3 is 10.1 Å². The van der Waals surface area contributed by atoms with Gasteiger partial charge in [-0.2, -0.15) is 0 Å². The highest BCUT2D eigenvalue weighted by Crippen LogP contribution is 2.25. The van der Waals surface area contributed by atoms with E-state index < -0.39 is 6.03 Å². The molecule has 1 aromatic heterocycles. The van der Waals surface area contributed by atoms with Gasteiger partial charge in [0, 0.05) is 23.1 Å². The van der Waals surface area contributed by atoms with Gasteiger partial charge in [-0.3, -0.25) is 5.32 Å². The van der Waals surface area contributed by atoms with Gasteiger partial charge in [-0.15, -0.1) is 0 Å². The highest BCUT2D eigenvalue weighted by atomic mass is 35.5. The number of aromatic nitrogens is 2. The normalized spacial score (nSPS) is 10.3. The van der Waals surface area contributed by atoms with Crippen LogP contribution in [0, 0.1) is 0 Å². The van der Waals surface area contributed by atoms with Crippen LogP contribution in [-0.2, 0) is 6.61 Å². The Morgan fingerprint density at radius 3 is 2.41 bits per heavy atom. The second kappa shape index (κ2) is 8.90. The predicted molar refractivity (Wildman–Crippen MR) is 107 cm³/mol. The average molecular weight is 424 g/mol. The van der Waals surface area contributed by atoms with Gasteiger partial charge in [0.2, 0.25) is 0 Å². The van der Waals surface area contributed by atoms with Crippen LogP contribution in [0.2, 0.25) is 15.1 Å². The maximum Gasteiger partial charge on any atom is 0.324 e. The van der Waals surface area contributed by atoms with Gasteiger partial charge in [0.1, 0.15) is 6.61 Å². The molecule has 2 aromatic carbocycles. The molecule has 0 unspecified atom stereocenters. The number of hydrogen-bond donors (Lipinski definition) is 2. The number of benzene rings is 2. The summed E-state index contributed by atoms with van der Waals surface area (Å²) < 4.78 is 5.65. The summed E-state index contributed by atoms with van der Waals surface area (Å²) >= 11 is 17.7. The Balaban J connectivity index is 1.65. The van der Waals surface area contributed by atoms with Crippen molar-refractivity contribution in [3.63, 3.8) is 0 Å². The van der Waals surface area contributed by atoms with E-state index in [4.69, 9.17) is 39.5 Å². The molecule has 0 fully saturated rings. The topological polar surface area (TPSA) is 76.1 Å². The molecule has 1 heterocycles. The number of hydrogen-bond acceptors (Lipinski definition) is 4. The third-order valence-electron chi connectivity index (χ3n) is 3.36. The highest BCUT2D eigenvalue weighted by Gasteiger charge is 2.11. The van der Waals surface area contributed by atoms with Gasteiger partial charge in [0.05, 0.1) is 10.0 Å². The standard InChI is InChI=1S/C18H13Cl3N4O2/c19-12-3-1-11(2-4-12)10-27-17-16(22-7-8-23-17)25-18(26)24-13-5-6-14(20)15(21)9-13/h1-9H,10H2,(H2,22,24,25,26). The minimum atomic E-state index is -0.523. The maximum absolute atomic E-state index is 12.2. The van der Waals surface area contributed by atoms with Crippen molar-refractivity contribution in [1.29, 1.82) is 0 Å². The van der Waals surface area contributed by atoms with Crippen molar-refractivity contribution in [2.75, 3.05) is 10.6 Å². The summed E-state index contributed by atoms with van der Waals surface area (Å²) in [5.74, 6) is 0.376. The lowest BCUT2D eigenvalue weighted by molar-refractivity contribution is 0.261. The van der Waals surface area contributed by atoms with Crippen molar-refractivity contribution < 1.29 is 9.53 Å². The van der Waals surface area contributed by atoms with Crippen molar-refractivity contribution in [2.24, 2.45) is 0 Å². The molecule has 0 aliphatic heterocycles. The first kappa shape index (κ1) is 19.2. The van der Waals surface area contributed by atoms with Crippen LogP contribution in [0.3, 0.4) is 0 Å². The number of ether oxygens (including phenoxy) is 1. The van der Waals surface area contributed by atoms with Gasteiger partial charge in [-0.25, -0.2) is 14.8 Å². The Kier molecular flexibility index (Phi) is 6.34. The van der Waals surface area contributed by atoms with E-state index >= 15 is 0 Å². The van der Waals surface area contributed by atoms with Crippen LogP contribution in [0.1, 0.15) is 5.56 Å². The van der Waals surface area contributed by atoms with Gasteiger partial charge in [-0.1, -0.05) is 46.9 Å². The van der Waals surface area contributed by atoms with E-state index in [-0.39, 0.29) is 18.3 Å². The number of nitrogens with one attached hydrogen (secondary N) is 2. The SMILES string of the molecule is O=C(Nc1ccc(Cl)c(Cl)c1)Nc1nccnc1OCc1ccc(Cl)cc1. The van der Waals surface area contributed by atoms with Gasteiger partial charge in [0.25, 0.3) is 5.88 Å². The lowest BCUT2D eigenvalue weighted by Gasteiger charge is -2.11. The number of rotatable bonds is 5. The lowest BCUT2D eigenvalue weighted by atomic mass is 10.2. The van der Waals surface area contributed by atoms with Crippen LogP contribution >= 0.6 is 34.8 Å². The molecular formula is C18H13Cl3N4O2. The zero-order valence-corrected chi connectivity index (χ0v) is 16.0. The molecule has 0 bridgehead atoms. The number of anilines is 2. The van der Waals surface area contributed by atoms with Gasteiger partial charge >= 0.3 is 6.03 Å². The molecule has 0 aliphatic carbocycles. The van der Waals surface area contributed by atoms with E-state index in [1.54, 1.807) is 24.3 Å². The minimum absolute atomic E-state index is 0.184. The van der Waals surface area contributed by atoms with Crippen molar-refractivity contribution in [2.45, 2.75) is 6.61 Å². The molecule has 0 spiro atoms. The van der Waals surface area contributed by atoms with Crippen LogP contribution in [0.25, 0.3) is 0 Å². The summed E-state index contributed by atoms with van der Waals surface area (Å²) in [6, 6.07) is 11.4. The fourth-order valence-corrected chi connectivity index (χ4v) is 2.52. The lowest BCUT2D eigenvalue weighted by Crippen LogP contribution is -2.21. The van der Waals surface area contributed by atoms with E-state index in [9.17, 15) is 4.79 Å². The Hall–Kier alpha value is -2.54. The molecule has 0 radical (unpaired) electrons. The Labute approximate surface area is 170 Å². The molecular weight excluding hydrogens is 411 g/mol. The number of urea groups is 1. The minimum Gasteiger partial charge on any atom is -0.470 e. The average Bonchev–Trinajstić information content (AvgIpc) is 2.65. The van der Waals surface area contributed by atoms with E-state index in [1.165, 1.54) is 18.5 Å². The molecule has 2 amide bonds. The van der Waals surface area contributed by atoms with Gasteiger partial charge in [0.15, 0.2) is 5.82 Å². The summed E-state index contributed by atoms with van der Waals surface area (Å²) in [5.41, 5.74) is 1.38. The molecule has 3 rings (SSSR count). The fourth-order valence-electron chi connectivity index (χ4n) is 2.09. The summed E-state index contributed by atoms with van der Waals surface area (Å²) in [6.45, 7) is 0.249. The molecule has 2 N–H and O–H groups in total. The van der Waals surface area contributed by atoms with E-state index in [0.29, 0.717) is 20.8 Å². The summed E-state index contributed by atoms with van der Waals surface area (Å²) in [5, 5.41) is 6.60. The molecule has 3 aromatic rings. The molecule has 0 saturated heterocycles. The zero-order valence-electron chi connectivity index (χ0n) is 13.7. The molecule has 0 atom stereocenters. The first-order valence-electron chi connectivity index (χ1n) is 7.72. The van der Waals surface area contributed by atoms with Crippen LogP contribution in [0.5, 0.6) is 5.88 Å². The van der Waals surface area contributed by atoms with Crippen LogP contribution in [0.4, 0.5) is 16.3 Å². The maximum atomic E-state index is 12.2. The molecule has 138 valence electrons. The Bertz CT molecular complexity index is 952. The number of halogens is 3. The van der Waals surface area contributed by atoms with E-state index in [1.807, 2.05) is 12.1 Å². The number of carbonyl (C=O) groups excluding carboxylic acids is 1. The van der Waals surface area contributed by atoms with Crippen molar-refractivity contribution in [1.82, 2.24) is 9.97 Å². The Morgan fingerprint density at radius 1 is 0.926 bits per heavy atom. The number of nitrogens with zero attached hydrogens (tertiary/aromatic N) is 2. The summed E-state index contributed by atoms with van der Waals surface area (Å²) in [6.07, 6.45) is 2.92. The van der Waals surface area contributed by atoms with Gasteiger partial charge in [-0.05, 0) is 35.9 Å². The molecule has 9 heteroatoms. The smallest absolute Gasteiger partial charge is 0.324 e. The Morgan fingerprint density at radius 2 is 1.67 bits per heavy atom. The van der Waals surface area contributed by atoms with Crippen molar-refractivity contribution in [3.8, 4) is 5.88 Å². The van der Waals surface area contributed by atoms with Crippen LogP contribution in [-0.4, -0.2) is 16.0 Å². The van der Waals surface area contributed by atoms with Crippen LogP contribution < -0.4 is 15.4 Å².